The van der Waals surface area contributed by atoms with Crippen LogP contribution in [0.25, 0.3) is 0 Å². The van der Waals surface area contributed by atoms with Gasteiger partial charge >= 0.3 is 0 Å². The maximum atomic E-state index is 13.3. The van der Waals surface area contributed by atoms with E-state index in [1.54, 1.807) is 24.0 Å². The molecule has 0 spiro atoms. The van der Waals surface area contributed by atoms with Gasteiger partial charge in [-0.25, -0.2) is 14.4 Å². The van der Waals surface area contributed by atoms with E-state index < -0.39 is 6.10 Å². The Labute approximate surface area is 170 Å². The number of carbonyl (C=O) groups is 1. The molecule has 6 nitrogen and oxygen atoms in total. The molecule has 4 rings (SSSR count). The van der Waals surface area contributed by atoms with Crippen molar-refractivity contribution in [1.82, 2.24) is 19.8 Å². The number of ether oxygens (including phenoxy) is 1. The molecule has 29 heavy (non-hydrogen) atoms. The Morgan fingerprint density at radius 1 is 1.28 bits per heavy atom. The molecule has 3 heterocycles. The highest BCUT2D eigenvalue weighted by Gasteiger charge is 2.28. The third-order valence-electron chi connectivity index (χ3n) is 5.80. The number of likely N-dealkylation sites (tertiary alicyclic amines) is 1. The summed E-state index contributed by atoms with van der Waals surface area (Å²) in [5.74, 6) is 1.23. The Morgan fingerprint density at radius 3 is 2.83 bits per heavy atom. The van der Waals surface area contributed by atoms with Gasteiger partial charge in [-0.1, -0.05) is 6.07 Å². The van der Waals surface area contributed by atoms with Crippen LogP contribution in [0, 0.1) is 5.82 Å². The number of amides is 1. The van der Waals surface area contributed by atoms with Gasteiger partial charge < -0.3 is 14.5 Å². The zero-order valence-corrected chi connectivity index (χ0v) is 17.0. The number of hydrogen-bond donors (Lipinski definition) is 0. The number of aromatic nitrogens is 2. The first-order chi connectivity index (χ1) is 14.0. The first-order valence-corrected chi connectivity index (χ1v) is 10.2. The molecule has 0 N–H and O–H groups in total. The first-order valence-electron chi connectivity index (χ1n) is 10.2. The lowest BCUT2D eigenvalue weighted by atomic mass is 9.95. The van der Waals surface area contributed by atoms with E-state index in [4.69, 9.17) is 9.72 Å². The molecule has 0 aliphatic carbocycles. The fraction of sp³-hybridized carbons (Fsp3) is 0.500. The van der Waals surface area contributed by atoms with Crippen LogP contribution in [0.3, 0.4) is 0 Å². The molecule has 1 aromatic heterocycles. The molecule has 0 unspecified atom stereocenters. The van der Waals surface area contributed by atoms with E-state index >= 15 is 0 Å². The predicted molar refractivity (Wildman–Crippen MR) is 107 cm³/mol. The van der Waals surface area contributed by atoms with Gasteiger partial charge in [0.25, 0.3) is 5.91 Å². The SMILES string of the molecule is C[C@H](Oc1cccc(F)c1)C(=O)N1CCc2nc(C3CCN(C)CC3)ncc2C1. The van der Waals surface area contributed by atoms with Gasteiger partial charge in [0.1, 0.15) is 17.4 Å². The minimum Gasteiger partial charge on any atom is -0.481 e. The molecule has 1 aromatic carbocycles. The topological polar surface area (TPSA) is 58.6 Å². The molecule has 2 aliphatic heterocycles. The smallest absolute Gasteiger partial charge is 0.263 e. The van der Waals surface area contributed by atoms with Gasteiger partial charge in [0, 0.05) is 43.3 Å². The maximum absolute atomic E-state index is 13.3. The van der Waals surface area contributed by atoms with Crippen molar-refractivity contribution in [2.24, 2.45) is 0 Å². The Morgan fingerprint density at radius 2 is 2.07 bits per heavy atom. The zero-order valence-electron chi connectivity index (χ0n) is 17.0. The van der Waals surface area contributed by atoms with Crippen LogP contribution in [0.1, 0.15) is 42.8 Å². The van der Waals surface area contributed by atoms with Crippen LogP contribution < -0.4 is 4.74 Å². The summed E-state index contributed by atoms with van der Waals surface area (Å²) < 4.78 is 19.0. The summed E-state index contributed by atoms with van der Waals surface area (Å²) in [7, 11) is 2.15. The van der Waals surface area contributed by atoms with Gasteiger partial charge in [0.05, 0.1) is 5.69 Å². The highest BCUT2D eigenvalue weighted by Crippen LogP contribution is 2.27. The van der Waals surface area contributed by atoms with Crippen molar-refractivity contribution < 1.29 is 13.9 Å². The molecule has 0 radical (unpaired) electrons. The molecular formula is C22H27FN4O2. The number of piperidine rings is 1. The van der Waals surface area contributed by atoms with Gasteiger partial charge in [-0.05, 0) is 52.0 Å². The minimum atomic E-state index is -0.683. The molecule has 1 saturated heterocycles. The second-order valence-corrected chi connectivity index (χ2v) is 8.00. The van der Waals surface area contributed by atoms with E-state index in [0.29, 0.717) is 24.8 Å². The van der Waals surface area contributed by atoms with Crippen molar-refractivity contribution in [2.45, 2.75) is 44.8 Å². The third-order valence-corrected chi connectivity index (χ3v) is 5.80. The van der Waals surface area contributed by atoms with E-state index in [1.807, 2.05) is 6.20 Å². The monoisotopic (exact) mass is 398 g/mol. The van der Waals surface area contributed by atoms with E-state index in [1.165, 1.54) is 12.1 Å². The van der Waals surface area contributed by atoms with Crippen molar-refractivity contribution in [1.29, 1.82) is 0 Å². The normalized spacial score (nSPS) is 18.9. The molecule has 7 heteroatoms. The summed E-state index contributed by atoms with van der Waals surface area (Å²) in [5, 5.41) is 0. The third kappa shape index (κ3) is 4.56. The number of fused-ring (bicyclic) bond motifs is 1. The van der Waals surface area contributed by atoms with E-state index in [2.05, 4.69) is 16.9 Å². The lowest BCUT2D eigenvalue weighted by molar-refractivity contribution is -0.138. The highest BCUT2D eigenvalue weighted by molar-refractivity contribution is 5.81. The Balaban J connectivity index is 1.39. The number of carbonyl (C=O) groups excluding carboxylic acids is 1. The molecule has 1 atom stereocenters. The van der Waals surface area contributed by atoms with Crippen LogP contribution in [0.5, 0.6) is 5.75 Å². The van der Waals surface area contributed by atoms with Gasteiger partial charge in [-0.2, -0.15) is 0 Å². The van der Waals surface area contributed by atoms with E-state index in [9.17, 15) is 9.18 Å². The van der Waals surface area contributed by atoms with Gasteiger partial charge in [0.2, 0.25) is 0 Å². The lowest BCUT2D eigenvalue weighted by Gasteiger charge is -2.31. The van der Waals surface area contributed by atoms with Crippen molar-refractivity contribution in [3.8, 4) is 5.75 Å². The second kappa shape index (κ2) is 8.45. The summed E-state index contributed by atoms with van der Waals surface area (Å²) in [4.78, 5) is 26.4. The van der Waals surface area contributed by atoms with E-state index in [-0.39, 0.29) is 11.7 Å². The second-order valence-electron chi connectivity index (χ2n) is 8.00. The molecule has 154 valence electrons. The standard InChI is InChI=1S/C22H27FN4O2/c1-15(29-19-5-3-4-18(23)12-19)22(28)27-11-8-20-17(14-27)13-24-21(25-20)16-6-9-26(2)10-7-16/h3-5,12-13,15-16H,6-11,14H2,1-2H3/t15-/m0/s1. The summed E-state index contributed by atoms with van der Waals surface area (Å²) in [6.07, 6.45) is 4.10. The summed E-state index contributed by atoms with van der Waals surface area (Å²) >= 11 is 0. The molecule has 0 bridgehead atoms. The van der Waals surface area contributed by atoms with E-state index in [0.717, 1.165) is 49.4 Å². The molecule has 1 fully saturated rings. The number of benzene rings is 1. The molecule has 0 saturated carbocycles. The summed E-state index contributed by atoms with van der Waals surface area (Å²) in [6.45, 7) is 4.95. The van der Waals surface area contributed by atoms with Crippen molar-refractivity contribution in [3.05, 3.63) is 53.4 Å². The van der Waals surface area contributed by atoms with Crippen LogP contribution in [-0.4, -0.2) is 58.5 Å². The number of halogens is 1. The number of hydrogen-bond acceptors (Lipinski definition) is 5. The molecule has 1 amide bonds. The Hall–Kier alpha value is -2.54. The van der Waals surface area contributed by atoms with Crippen LogP contribution in [0.2, 0.25) is 0 Å². The van der Waals surface area contributed by atoms with Crippen LogP contribution >= 0.6 is 0 Å². The maximum Gasteiger partial charge on any atom is 0.263 e. The lowest BCUT2D eigenvalue weighted by Crippen LogP contribution is -2.43. The number of rotatable bonds is 4. The zero-order chi connectivity index (χ0) is 20.4. The molecule has 2 aliphatic rings. The average molecular weight is 398 g/mol. The highest BCUT2D eigenvalue weighted by atomic mass is 19.1. The Kier molecular flexibility index (Phi) is 5.76. The Bertz CT molecular complexity index is 883. The summed E-state index contributed by atoms with van der Waals surface area (Å²) in [5.41, 5.74) is 2.05. The average Bonchev–Trinajstić information content (AvgIpc) is 2.73. The molecule has 2 aromatic rings. The number of nitrogens with zero attached hydrogens (tertiary/aromatic N) is 4. The van der Waals surface area contributed by atoms with Crippen molar-refractivity contribution in [3.63, 3.8) is 0 Å². The van der Waals surface area contributed by atoms with Crippen LogP contribution in [0.15, 0.2) is 30.5 Å². The van der Waals surface area contributed by atoms with Gasteiger partial charge in [-0.15, -0.1) is 0 Å². The van der Waals surface area contributed by atoms with Gasteiger partial charge in [-0.3, -0.25) is 4.79 Å². The molecular weight excluding hydrogens is 371 g/mol. The quantitative estimate of drug-likeness (QED) is 0.793. The largest absolute Gasteiger partial charge is 0.481 e. The minimum absolute atomic E-state index is 0.112. The van der Waals surface area contributed by atoms with Crippen molar-refractivity contribution >= 4 is 5.91 Å². The predicted octanol–water partition coefficient (Wildman–Crippen LogP) is 2.78. The summed E-state index contributed by atoms with van der Waals surface area (Å²) in [6, 6.07) is 5.85. The fourth-order valence-corrected chi connectivity index (χ4v) is 4.04. The van der Waals surface area contributed by atoms with Crippen LogP contribution in [0.4, 0.5) is 4.39 Å². The fourth-order valence-electron chi connectivity index (χ4n) is 4.04. The van der Waals surface area contributed by atoms with Crippen LogP contribution in [-0.2, 0) is 17.8 Å². The van der Waals surface area contributed by atoms with Gasteiger partial charge in [0.15, 0.2) is 6.10 Å². The van der Waals surface area contributed by atoms with Crippen molar-refractivity contribution in [2.75, 3.05) is 26.7 Å². The first kappa shape index (κ1) is 19.8.